The van der Waals surface area contributed by atoms with E-state index in [1.807, 2.05) is 13.8 Å². The Morgan fingerprint density at radius 2 is 1.70 bits per heavy atom. The normalized spacial score (nSPS) is 20.3. The standard InChI is InChI=1S/C19H34F3NO3S/c1-13(2)12-26-17(24)15(11-14-9-7-6-8-10-14)16(19(20,21)22)23-27(25)18(3,4)5/h13-16,23H,6-12H2,1-5H3/t15-,16-,27-/m0/s1. The van der Waals surface area contributed by atoms with Crippen LogP contribution in [0.1, 0.15) is 73.1 Å². The first-order valence-electron chi connectivity index (χ1n) is 9.73. The third kappa shape index (κ3) is 8.50. The largest absolute Gasteiger partial charge is 0.465 e. The summed E-state index contributed by atoms with van der Waals surface area (Å²) in [5.41, 5.74) is 0. The Morgan fingerprint density at radius 1 is 1.15 bits per heavy atom. The number of hydrogen-bond acceptors (Lipinski definition) is 3. The molecular weight excluding hydrogens is 379 g/mol. The molecule has 0 unspecified atom stereocenters. The van der Waals surface area contributed by atoms with Crippen molar-refractivity contribution in [2.45, 2.75) is 90.1 Å². The molecule has 0 radical (unpaired) electrons. The Hall–Kier alpha value is -0.630. The van der Waals surface area contributed by atoms with Gasteiger partial charge in [-0.3, -0.25) is 4.79 Å². The van der Waals surface area contributed by atoms with Crippen LogP contribution in [0.25, 0.3) is 0 Å². The summed E-state index contributed by atoms with van der Waals surface area (Å²) in [6.45, 7) is 8.52. The van der Waals surface area contributed by atoms with Crippen molar-refractivity contribution >= 4 is 17.0 Å². The molecule has 0 amide bonds. The third-order valence-electron chi connectivity index (χ3n) is 4.72. The van der Waals surface area contributed by atoms with E-state index in [4.69, 9.17) is 4.74 Å². The number of esters is 1. The molecule has 1 saturated carbocycles. The van der Waals surface area contributed by atoms with Crippen LogP contribution >= 0.6 is 0 Å². The summed E-state index contributed by atoms with van der Waals surface area (Å²) < 4.78 is 60.3. The maximum atomic E-state index is 13.8. The first-order chi connectivity index (χ1) is 12.3. The molecule has 8 heteroatoms. The smallest absolute Gasteiger partial charge is 0.405 e. The number of carbonyl (C=O) groups is 1. The summed E-state index contributed by atoms with van der Waals surface area (Å²) in [6.07, 6.45) is 0.0647. The van der Waals surface area contributed by atoms with Crippen molar-refractivity contribution in [3.63, 3.8) is 0 Å². The van der Waals surface area contributed by atoms with Gasteiger partial charge < -0.3 is 4.74 Å². The molecule has 3 atom stereocenters. The van der Waals surface area contributed by atoms with Crippen LogP contribution in [0.3, 0.4) is 0 Å². The maximum absolute atomic E-state index is 13.8. The second kappa shape index (κ2) is 10.2. The summed E-state index contributed by atoms with van der Waals surface area (Å²) >= 11 is 0. The zero-order valence-corrected chi connectivity index (χ0v) is 17.8. The molecule has 0 aromatic carbocycles. The van der Waals surface area contributed by atoms with Gasteiger partial charge in [0.25, 0.3) is 0 Å². The van der Waals surface area contributed by atoms with Crippen LogP contribution in [0.15, 0.2) is 0 Å². The lowest BCUT2D eigenvalue weighted by atomic mass is 9.80. The zero-order valence-electron chi connectivity index (χ0n) is 17.0. The quantitative estimate of drug-likeness (QED) is 0.584. The average molecular weight is 414 g/mol. The van der Waals surface area contributed by atoms with Crippen LogP contribution in [0.2, 0.25) is 0 Å². The SMILES string of the molecule is CC(C)COC(=O)[C@@H](CC1CCCCC1)[C@H](N[S@@](=O)C(C)(C)C)C(F)(F)F. The van der Waals surface area contributed by atoms with E-state index in [9.17, 15) is 22.2 Å². The number of nitrogens with one attached hydrogen (secondary N) is 1. The number of alkyl halides is 3. The molecule has 0 aromatic heterocycles. The summed E-state index contributed by atoms with van der Waals surface area (Å²) in [5.74, 6) is -2.15. The first kappa shape index (κ1) is 24.4. The number of ether oxygens (including phenoxy) is 1. The number of hydrogen-bond donors (Lipinski definition) is 1. The van der Waals surface area contributed by atoms with Gasteiger partial charge in [-0.1, -0.05) is 46.0 Å². The molecule has 0 saturated heterocycles. The van der Waals surface area contributed by atoms with Crippen LogP contribution in [-0.4, -0.2) is 33.8 Å². The van der Waals surface area contributed by atoms with Crippen LogP contribution in [-0.2, 0) is 20.5 Å². The van der Waals surface area contributed by atoms with Crippen molar-refractivity contribution < 1.29 is 26.9 Å². The second-order valence-electron chi connectivity index (χ2n) is 8.89. The minimum Gasteiger partial charge on any atom is -0.465 e. The molecule has 0 aliphatic heterocycles. The van der Waals surface area contributed by atoms with Gasteiger partial charge in [0, 0.05) is 0 Å². The summed E-state index contributed by atoms with van der Waals surface area (Å²) in [5, 5.41) is 0. The van der Waals surface area contributed by atoms with Gasteiger partial charge in [-0.15, -0.1) is 0 Å². The highest BCUT2D eigenvalue weighted by atomic mass is 32.2. The lowest BCUT2D eigenvalue weighted by molar-refractivity contribution is -0.181. The number of carbonyl (C=O) groups excluding carboxylic acids is 1. The van der Waals surface area contributed by atoms with Crippen molar-refractivity contribution in [2.24, 2.45) is 17.8 Å². The van der Waals surface area contributed by atoms with Gasteiger partial charge >= 0.3 is 12.1 Å². The minimum absolute atomic E-state index is 0.0327. The van der Waals surface area contributed by atoms with E-state index in [-0.39, 0.29) is 24.9 Å². The monoisotopic (exact) mass is 413 g/mol. The van der Waals surface area contributed by atoms with Crippen molar-refractivity contribution in [1.82, 2.24) is 4.72 Å². The highest BCUT2D eigenvalue weighted by Crippen LogP contribution is 2.36. The van der Waals surface area contributed by atoms with E-state index in [1.165, 1.54) is 0 Å². The molecule has 0 heterocycles. The molecule has 1 aliphatic rings. The molecule has 1 rings (SSSR count). The summed E-state index contributed by atoms with van der Waals surface area (Å²) in [6, 6.07) is -2.18. The van der Waals surface area contributed by atoms with Gasteiger partial charge in [0.15, 0.2) is 0 Å². The van der Waals surface area contributed by atoms with Gasteiger partial charge in [0.05, 0.1) is 28.3 Å². The van der Waals surface area contributed by atoms with E-state index >= 15 is 0 Å². The minimum atomic E-state index is -4.70. The second-order valence-corrected chi connectivity index (χ2v) is 10.9. The van der Waals surface area contributed by atoms with Crippen LogP contribution in [0, 0.1) is 17.8 Å². The Balaban J connectivity index is 3.07. The number of rotatable bonds is 8. The van der Waals surface area contributed by atoms with Gasteiger partial charge in [-0.05, 0) is 39.0 Å². The Morgan fingerprint density at radius 3 is 2.15 bits per heavy atom. The summed E-state index contributed by atoms with van der Waals surface area (Å²) in [7, 11) is -1.95. The highest BCUT2D eigenvalue weighted by Gasteiger charge is 2.50. The summed E-state index contributed by atoms with van der Waals surface area (Å²) in [4.78, 5) is 12.6. The van der Waals surface area contributed by atoms with Crippen LogP contribution in [0.5, 0.6) is 0 Å². The van der Waals surface area contributed by atoms with Gasteiger partial charge in [-0.25, -0.2) is 8.93 Å². The highest BCUT2D eigenvalue weighted by molar-refractivity contribution is 7.84. The zero-order chi connectivity index (χ0) is 20.8. The van der Waals surface area contributed by atoms with E-state index < -0.39 is 39.8 Å². The topological polar surface area (TPSA) is 55.4 Å². The fourth-order valence-corrected chi connectivity index (χ4v) is 4.06. The molecule has 1 N–H and O–H groups in total. The van der Waals surface area contributed by atoms with Gasteiger partial charge in [0.2, 0.25) is 0 Å². The molecule has 1 aliphatic carbocycles. The van der Waals surface area contributed by atoms with E-state index in [0.29, 0.717) is 0 Å². The lowest BCUT2D eigenvalue weighted by Crippen LogP contribution is -2.54. The van der Waals surface area contributed by atoms with Gasteiger partial charge in [0.1, 0.15) is 6.04 Å². The molecule has 4 nitrogen and oxygen atoms in total. The average Bonchev–Trinajstić information content (AvgIpc) is 2.54. The first-order valence-corrected chi connectivity index (χ1v) is 10.9. The van der Waals surface area contributed by atoms with Crippen molar-refractivity contribution in [2.75, 3.05) is 6.61 Å². The predicted molar refractivity (Wildman–Crippen MR) is 101 cm³/mol. The lowest BCUT2D eigenvalue weighted by Gasteiger charge is -2.33. The van der Waals surface area contributed by atoms with Crippen molar-refractivity contribution in [3.05, 3.63) is 0 Å². The van der Waals surface area contributed by atoms with Crippen LogP contribution in [0.4, 0.5) is 13.2 Å². The van der Waals surface area contributed by atoms with Crippen molar-refractivity contribution in [3.8, 4) is 0 Å². The number of halogens is 3. The van der Waals surface area contributed by atoms with E-state index in [1.54, 1.807) is 20.8 Å². The molecule has 0 spiro atoms. The fourth-order valence-electron chi connectivity index (χ4n) is 3.18. The fraction of sp³-hybridized carbons (Fsp3) is 0.947. The third-order valence-corrected chi connectivity index (χ3v) is 6.30. The molecule has 0 aromatic rings. The van der Waals surface area contributed by atoms with Crippen molar-refractivity contribution in [1.29, 1.82) is 0 Å². The predicted octanol–water partition coefficient (Wildman–Crippen LogP) is 4.75. The van der Waals surface area contributed by atoms with Crippen LogP contribution < -0.4 is 4.72 Å². The Labute approximate surface area is 163 Å². The Kier molecular flexibility index (Phi) is 9.25. The molecule has 0 bridgehead atoms. The van der Waals surface area contributed by atoms with E-state index in [0.717, 1.165) is 32.1 Å². The Bertz CT molecular complexity index is 497. The van der Waals surface area contributed by atoms with E-state index in [2.05, 4.69) is 4.72 Å². The maximum Gasteiger partial charge on any atom is 0.405 e. The molecule has 27 heavy (non-hydrogen) atoms. The molecule has 1 fully saturated rings. The molecule has 160 valence electrons. The van der Waals surface area contributed by atoms with Gasteiger partial charge in [-0.2, -0.15) is 13.2 Å². The molecular formula is C19H34F3NO3S.